The van der Waals surface area contributed by atoms with Gasteiger partial charge >= 0.3 is 5.69 Å². The lowest BCUT2D eigenvalue weighted by Gasteiger charge is -2.12. The molecule has 1 amide bonds. The number of nitro groups is 1. The molecule has 1 N–H and O–H groups in total. The van der Waals surface area contributed by atoms with Crippen LogP contribution in [0.1, 0.15) is 11.4 Å². The van der Waals surface area contributed by atoms with Gasteiger partial charge in [-0.2, -0.15) is 5.10 Å². The fourth-order valence-electron chi connectivity index (χ4n) is 3.11. The molecule has 3 aromatic rings. The second-order valence-corrected chi connectivity index (χ2v) is 9.22. The van der Waals surface area contributed by atoms with Crippen LogP contribution in [0, 0.1) is 24.0 Å². The van der Waals surface area contributed by atoms with Crippen molar-refractivity contribution in [1.82, 2.24) is 9.78 Å². The number of sulfone groups is 1. The quantitative estimate of drug-likeness (QED) is 0.405. The monoisotopic (exact) mass is 478 g/mol. The summed E-state index contributed by atoms with van der Waals surface area (Å²) in [6.45, 7) is 2.68. The van der Waals surface area contributed by atoms with Gasteiger partial charge in [-0.05, 0) is 50.2 Å². The van der Waals surface area contributed by atoms with E-state index in [1.807, 2.05) is 0 Å². The van der Waals surface area contributed by atoms with Crippen molar-refractivity contribution in [2.24, 2.45) is 0 Å². The van der Waals surface area contributed by atoms with Crippen LogP contribution < -0.4 is 10.1 Å². The van der Waals surface area contributed by atoms with Crippen LogP contribution in [0.15, 0.2) is 52.3 Å². The number of hydrogen-bond acceptors (Lipinski definition) is 7. The SMILES string of the molecule is COc1cc(NC(=O)Cn2nc(C)c([N+](=O)[O-])c2C)cc(S(=O)(=O)c2ccc(Cl)cc2)c1. The van der Waals surface area contributed by atoms with Gasteiger partial charge in [0.05, 0.1) is 21.8 Å². The first-order valence-corrected chi connectivity index (χ1v) is 11.1. The molecule has 1 aromatic heterocycles. The van der Waals surface area contributed by atoms with Crippen molar-refractivity contribution in [2.75, 3.05) is 12.4 Å². The maximum atomic E-state index is 13.0. The first-order chi connectivity index (χ1) is 15.0. The van der Waals surface area contributed by atoms with E-state index in [-0.39, 0.29) is 44.8 Å². The highest BCUT2D eigenvalue weighted by molar-refractivity contribution is 7.91. The smallest absolute Gasteiger partial charge is 0.312 e. The lowest BCUT2D eigenvalue weighted by Crippen LogP contribution is -2.20. The van der Waals surface area contributed by atoms with E-state index in [4.69, 9.17) is 16.3 Å². The predicted octanol–water partition coefficient (Wildman–Crippen LogP) is 3.54. The summed E-state index contributed by atoms with van der Waals surface area (Å²) in [4.78, 5) is 23.1. The van der Waals surface area contributed by atoms with Gasteiger partial charge in [-0.3, -0.25) is 19.6 Å². The molecule has 1 heterocycles. The highest BCUT2D eigenvalue weighted by Gasteiger charge is 2.23. The summed E-state index contributed by atoms with van der Waals surface area (Å²) in [5.74, 6) is -0.328. The molecule has 0 saturated heterocycles. The highest BCUT2D eigenvalue weighted by Crippen LogP contribution is 2.29. The molecule has 0 aliphatic heterocycles. The number of aryl methyl sites for hydroxylation is 1. The third-order valence-corrected chi connectivity index (χ3v) is 6.65. The number of amides is 1. The number of anilines is 1. The normalized spacial score (nSPS) is 11.2. The summed E-state index contributed by atoms with van der Waals surface area (Å²) in [6, 6.07) is 9.78. The number of benzene rings is 2. The van der Waals surface area contributed by atoms with Crippen molar-refractivity contribution in [2.45, 2.75) is 30.2 Å². The molecule has 12 heteroatoms. The standard InChI is InChI=1S/C20H19ClN4O6S/c1-12-20(25(27)28)13(2)24(23-12)11-19(26)22-15-8-16(31-3)10-18(9-15)32(29,30)17-6-4-14(21)5-7-17/h4-10H,11H2,1-3H3,(H,22,26). The zero-order chi connectivity index (χ0) is 23.6. The lowest BCUT2D eigenvalue weighted by atomic mass is 10.3. The number of ether oxygens (including phenoxy) is 1. The van der Waals surface area contributed by atoms with Crippen LogP contribution in [0.25, 0.3) is 0 Å². The molecule has 10 nitrogen and oxygen atoms in total. The third kappa shape index (κ3) is 4.73. The van der Waals surface area contributed by atoms with E-state index in [9.17, 15) is 23.3 Å². The highest BCUT2D eigenvalue weighted by atomic mass is 35.5. The van der Waals surface area contributed by atoms with Gasteiger partial charge in [0.1, 0.15) is 23.7 Å². The van der Waals surface area contributed by atoms with Gasteiger partial charge in [-0.15, -0.1) is 0 Å². The van der Waals surface area contributed by atoms with Crippen LogP contribution in [0.5, 0.6) is 5.75 Å². The maximum absolute atomic E-state index is 13.0. The number of aromatic nitrogens is 2. The summed E-state index contributed by atoms with van der Waals surface area (Å²) in [5.41, 5.74) is 0.450. The Kier molecular flexibility index (Phi) is 6.51. The number of carbonyl (C=O) groups is 1. The minimum Gasteiger partial charge on any atom is -0.497 e. The molecule has 0 unspecified atom stereocenters. The van der Waals surface area contributed by atoms with Crippen molar-refractivity contribution in [1.29, 1.82) is 0 Å². The first-order valence-electron chi connectivity index (χ1n) is 9.21. The number of nitrogens with one attached hydrogen (secondary N) is 1. The second-order valence-electron chi connectivity index (χ2n) is 6.84. The van der Waals surface area contributed by atoms with Gasteiger partial charge in [0.15, 0.2) is 0 Å². The lowest BCUT2D eigenvalue weighted by molar-refractivity contribution is -0.386. The van der Waals surface area contributed by atoms with Crippen LogP contribution in [0.4, 0.5) is 11.4 Å². The number of carbonyl (C=O) groups excluding carboxylic acids is 1. The average Bonchev–Trinajstić information content (AvgIpc) is 3.00. The van der Waals surface area contributed by atoms with E-state index in [2.05, 4.69) is 10.4 Å². The minimum absolute atomic E-state index is 0.0300. The Morgan fingerprint density at radius 1 is 1.19 bits per heavy atom. The molecule has 0 aliphatic rings. The Labute approximate surface area is 188 Å². The molecule has 168 valence electrons. The fourth-order valence-corrected chi connectivity index (χ4v) is 4.55. The molecule has 0 fully saturated rings. The Morgan fingerprint density at radius 3 is 2.41 bits per heavy atom. The molecule has 0 aliphatic carbocycles. The van der Waals surface area contributed by atoms with Crippen LogP contribution in [-0.2, 0) is 21.2 Å². The number of hydrogen-bond donors (Lipinski definition) is 1. The van der Waals surface area contributed by atoms with Crippen LogP contribution in [0.2, 0.25) is 5.02 Å². The van der Waals surface area contributed by atoms with Gasteiger partial charge in [0, 0.05) is 16.8 Å². The van der Waals surface area contributed by atoms with Crippen LogP contribution in [-0.4, -0.2) is 36.1 Å². The summed E-state index contributed by atoms with van der Waals surface area (Å²) >= 11 is 5.84. The number of nitrogens with zero attached hydrogens (tertiary/aromatic N) is 3. The molecule has 0 bridgehead atoms. The second kappa shape index (κ2) is 8.97. The third-order valence-electron chi connectivity index (χ3n) is 4.65. The molecular formula is C20H19ClN4O6S. The topological polar surface area (TPSA) is 133 Å². The first kappa shape index (κ1) is 23.2. The average molecular weight is 479 g/mol. The number of methoxy groups -OCH3 is 1. The maximum Gasteiger partial charge on any atom is 0.312 e. The summed E-state index contributed by atoms with van der Waals surface area (Å²) < 4.78 is 32.4. The molecule has 0 spiro atoms. The van der Waals surface area contributed by atoms with E-state index < -0.39 is 20.7 Å². The number of halogens is 1. The Bertz CT molecular complexity index is 1300. The van der Waals surface area contributed by atoms with Gasteiger partial charge in [0.2, 0.25) is 15.7 Å². The van der Waals surface area contributed by atoms with Gasteiger partial charge in [-0.1, -0.05) is 11.6 Å². The Balaban J connectivity index is 1.89. The summed E-state index contributed by atoms with van der Waals surface area (Å²) in [6.07, 6.45) is 0. The van der Waals surface area contributed by atoms with Gasteiger partial charge in [0.25, 0.3) is 0 Å². The van der Waals surface area contributed by atoms with E-state index in [0.29, 0.717) is 5.02 Å². The Morgan fingerprint density at radius 2 is 1.84 bits per heavy atom. The van der Waals surface area contributed by atoms with Crippen molar-refractivity contribution < 1.29 is 22.9 Å². The molecule has 0 atom stereocenters. The Hall–Kier alpha value is -3.44. The molecule has 32 heavy (non-hydrogen) atoms. The van der Waals surface area contributed by atoms with E-state index in [0.717, 1.165) is 0 Å². The molecule has 0 radical (unpaired) electrons. The van der Waals surface area contributed by atoms with Crippen molar-refractivity contribution >= 4 is 38.7 Å². The van der Waals surface area contributed by atoms with Gasteiger partial charge < -0.3 is 10.1 Å². The minimum atomic E-state index is -3.91. The molecule has 3 rings (SSSR count). The largest absolute Gasteiger partial charge is 0.497 e. The van der Waals surface area contributed by atoms with Crippen molar-refractivity contribution in [3.05, 3.63) is 69.0 Å². The van der Waals surface area contributed by atoms with E-state index >= 15 is 0 Å². The summed E-state index contributed by atoms with van der Waals surface area (Å²) in [5, 5.41) is 18.2. The van der Waals surface area contributed by atoms with Crippen molar-refractivity contribution in [3.8, 4) is 5.75 Å². The fraction of sp³-hybridized carbons (Fsp3) is 0.200. The van der Waals surface area contributed by atoms with Crippen LogP contribution >= 0.6 is 11.6 Å². The molecular weight excluding hydrogens is 460 g/mol. The van der Waals surface area contributed by atoms with Gasteiger partial charge in [-0.25, -0.2) is 8.42 Å². The zero-order valence-electron chi connectivity index (χ0n) is 17.3. The van der Waals surface area contributed by atoms with E-state index in [1.54, 1.807) is 0 Å². The summed E-state index contributed by atoms with van der Waals surface area (Å²) in [7, 11) is -2.54. The van der Waals surface area contributed by atoms with E-state index in [1.165, 1.54) is 68.1 Å². The zero-order valence-corrected chi connectivity index (χ0v) is 18.9. The number of rotatable bonds is 7. The molecule has 0 saturated carbocycles. The van der Waals surface area contributed by atoms with Crippen LogP contribution in [0.3, 0.4) is 0 Å². The predicted molar refractivity (Wildman–Crippen MR) is 117 cm³/mol. The molecule has 2 aromatic carbocycles. The van der Waals surface area contributed by atoms with Crippen molar-refractivity contribution in [3.63, 3.8) is 0 Å².